The zero-order valence-electron chi connectivity index (χ0n) is 29.9. The summed E-state index contributed by atoms with van der Waals surface area (Å²) in [6.45, 7) is 24.7. The van der Waals surface area contributed by atoms with E-state index in [0.29, 0.717) is 50.8 Å². The maximum absolute atomic E-state index is 12.7. The van der Waals surface area contributed by atoms with Gasteiger partial charge in [0.1, 0.15) is 66.3 Å². The highest BCUT2D eigenvalue weighted by Gasteiger charge is 2.17. The Kier molecular flexibility index (Phi) is 15.0. The average Bonchev–Trinajstić information content (AvgIpc) is 3.13. The lowest BCUT2D eigenvalue weighted by Gasteiger charge is -2.14. The lowest BCUT2D eigenvalue weighted by molar-refractivity contribution is -0.134. The first-order valence-corrected chi connectivity index (χ1v) is 15.7. The van der Waals surface area contributed by atoms with Gasteiger partial charge in [0.25, 0.3) is 0 Å². The molecule has 0 amide bonds. The summed E-state index contributed by atoms with van der Waals surface area (Å²) in [6.07, 6.45) is 7.30. The van der Waals surface area contributed by atoms with E-state index < -0.39 is 17.9 Å². The Morgan fingerprint density at radius 3 is 1.53 bits per heavy atom. The third-order valence-electron chi connectivity index (χ3n) is 6.50. The Morgan fingerprint density at radius 2 is 1.02 bits per heavy atom. The second-order valence-corrected chi connectivity index (χ2v) is 11.2. The number of carbonyl (C=O) groups is 3. The summed E-state index contributed by atoms with van der Waals surface area (Å²) in [6, 6.07) is 16.9. The third kappa shape index (κ3) is 13.2. The van der Waals surface area contributed by atoms with Gasteiger partial charge in [0.2, 0.25) is 0 Å². The zero-order chi connectivity index (χ0) is 38.9. The van der Waals surface area contributed by atoms with Crippen molar-refractivity contribution in [2.24, 2.45) is 0 Å². The molecule has 0 saturated heterocycles. The summed E-state index contributed by atoms with van der Waals surface area (Å²) in [5.41, 5.74) is 3.46. The van der Waals surface area contributed by atoms with Gasteiger partial charge in [-0.15, -0.1) is 0 Å². The van der Waals surface area contributed by atoms with Crippen LogP contribution in [0.15, 0.2) is 159 Å². The third-order valence-corrected chi connectivity index (χ3v) is 6.50. The minimum Gasteiger partial charge on any atom is -0.462 e. The second-order valence-electron chi connectivity index (χ2n) is 11.2. The van der Waals surface area contributed by atoms with Crippen molar-refractivity contribution in [3.8, 4) is 46.0 Å². The van der Waals surface area contributed by atoms with Crippen LogP contribution in [-0.4, -0.2) is 17.9 Å². The number of benzene rings is 3. The van der Waals surface area contributed by atoms with Gasteiger partial charge in [-0.05, 0) is 81.3 Å². The van der Waals surface area contributed by atoms with E-state index >= 15 is 0 Å². The minimum absolute atomic E-state index is 0.189. The molecule has 0 radical (unpaired) electrons. The van der Waals surface area contributed by atoms with Crippen LogP contribution in [0.25, 0.3) is 11.1 Å². The first-order valence-electron chi connectivity index (χ1n) is 15.7. The van der Waals surface area contributed by atoms with E-state index in [1.165, 1.54) is 45.8 Å². The van der Waals surface area contributed by atoms with Gasteiger partial charge in [0.05, 0.1) is 5.56 Å². The molecular weight excluding hydrogens is 676 g/mol. The number of esters is 3. The van der Waals surface area contributed by atoms with E-state index in [0.717, 1.165) is 12.5 Å². The SMILES string of the molecule is C=C(C)C(=C)OC=COc1cc(-c2ccc(OC=COC(=O)C(=C)C)cc2)c(OC(=O)C(=C)C)cc1C#Cc1ccc(OC=COC(=O)C(=C)C)cc1. The van der Waals surface area contributed by atoms with Crippen LogP contribution in [0.5, 0.6) is 23.0 Å². The van der Waals surface area contributed by atoms with Crippen molar-refractivity contribution in [3.05, 3.63) is 170 Å². The lowest BCUT2D eigenvalue weighted by Crippen LogP contribution is -2.09. The molecule has 0 spiro atoms. The van der Waals surface area contributed by atoms with Crippen LogP contribution in [0, 0.1) is 11.8 Å². The fraction of sp³-hybridized carbons (Fsp3) is 0.0930. The van der Waals surface area contributed by atoms with Crippen LogP contribution in [0.3, 0.4) is 0 Å². The van der Waals surface area contributed by atoms with Gasteiger partial charge in [-0.25, -0.2) is 14.4 Å². The number of ether oxygens (including phenoxy) is 7. The molecule has 270 valence electrons. The molecule has 0 aliphatic rings. The quantitative estimate of drug-likeness (QED) is 0.0355. The number of allylic oxidation sites excluding steroid dienone is 1. The van der Waals surface area contributed by atoms with E-state index in [1.54, 1.807) is 67.6 Å². The van der Waals surface area contributed by atoms with Crippen LogP contribution in [-0.2, 0) is 28.6 Å². The van der Waals surface area contributed by atoms with Crippen molar-refractivity contribution in [1.82, 2.24) is 0 Å². The lowest BCUT2D eigenvalue weighted by atomic mass is 10.0. The van der Waals surface area contributed by atoms with Crippen molar-refractivity contribution in [2.45, 2.75) is 27.7 Å². The fourth-order valence-electron chi connectivity index (χ4n) is 3.63. The molecule has 0 fully saturated rings. The summed E-state index contributed by atoms with van der Waals surface area (Å²) < 4.78 is 37.9. The summed E-state index contributed by atoms with van der Waals surface area (Å²) in [7, 11) is 0. The topological polar surface area (TPSA) is 116 Å². The van der Waals surface area contributed by atoms with Gasteiger partial charge in [-0.2, -0.15) is 0 Å². The highest BCUT2D eigenvalue weighted by molar-refractivity contribution is 5.91. The Morgan fingerprint density at radius 1 is 0.528 bits per heavy atom. The Labute approximate surface area is 308 Å². The van der Waals surface area contributed by atoms with Crippen LogP contribution < -0.4 is 18.9 Å². The van der Waals surface area contributed by atoms with Gasteiger partial charge < -0.3 is 33.2 Å². The molecule has 3 rings (SSSR count). The number of hydrogen-bond donors (Lipinski definition) is 0. The monoisotopic (exact) mass is 714 g/mol. The van der Waals surface area contributed by atoms with Crippen molar-refractivity contribution < 1.29 is 47.5 Å². The summed E-state index contributed by atoms with van der Waals surface area (Å²) in [5.74, 6) is 6.13. The molecule has 3 aromatic carbocycles. The average molecular weight is 715 g/mol. The van der Waals surface area contributed by atoms with Crippen LogP contribution in [0.4, 0.5) is 0 Å². The van der Waals surface area contributed by atoms with Crippen LogP contribution in [0.2, 0.25) is 0 Å². The Balaban J connectivity index is 1.98. The van der Waals surface area contributed by atoms with E-state index in [2.05, 4.69) is 44.7 Å². The molecule has 0 saturated carbocycles. The zero-order valence-corrected chi connectivity index (χ0v) is 29.9. The summed E-state index contributed by atoms with van der Waals surface area (Å²) in [4.78, 5) is 35.8. The van der Waals surface area contributed by atoms with Crippen molar-refractivity contribution in [3.63, 3.8) is 0 Å². The molecule has 53 heavy (non-hydrogen) atoms. The number of carbonyl (C=O) groups excluding carboxylic acids is 3. The Bertz CT molecular complexity index is 2070. The maximum atomic E-state index is 12.7. The van der Waals surface area contributed by atoms with Gasteiger partial charge in [-0.3, -0.25) is 0 Å². The molecule has 0 aliphatic heterocycles. The number of rotatable bonds is 16. The first-order chi connectivity index (χ1) is 25.2. The van der Waals surface area contributed by atoms with Gasteiger partial charge >= 0.3 is 17.9 Å². The van der Waals surface area contributed by atoms with Crippen LogP contribution in [0.1, 0.15) is 38.8 Å². The van der Waals surface area contributed by atoms with Gasteiger partial charge in [0.15, 0.2) is 0 Å². The standard InChI is InChI=1S/C43H38O10/c1-28(2)32(9)47-20-23-50-39-27-38(34-14-18-37(19-15-34)49-22-25-52-42(45)30(5)6)40(53-43(46)31(7)8)26-35(39)13-10-33-11-16-36(17-12-33)48-21-24-51-41(44)29(3)4/h11-12,14-27H,1,3,5,7,9H2,2,4,6,8H3. The summed E-state index contributed by atoms with van der Waals surface area (Å²) in [5, 5.41) is 0. The predicted octanol–water partition coefficient (Wildman–Crippen LogP) is 9.13. The van der Waals surface area contributed by atoms with Crippen molar-refractivity contribution in [1.29, 1.82) is 0 Å². The second kappa shape index (κ2) is 19.8. The van der Waals surface area contributed by atoms with E-state index in [1.807, 2.05) is 0 Å². The smallest absolute Gasteiger partial charge is 0.338 e. The normalized spacial score (nSPS) is 10.5. The highest BCUT2D eigenvalue weighted by atomic mass is 16.6. The molecule has 0 N–H and O–H groups in total. The largest absolute Gasteiger partial charge is 0.462 e. The number of hydrogen-bond acceptors (Lipinski definition) is 10. The fourth-order valence-corrected chi connectivity index (χ4v) is 3.63. The minimum atomic E-state index is -0.640. The van der Waals surface area contributed by atoms with E-state index in [-0.39, 0.29) is 22.5 Å². The molecule has 10 heteroatoms. The maximum Gasteiger partial charge on any atom is 0.338 e. The molecular formula is C43H38O10. The van der Waals surface area contributed by atoms with Crippen molar-refractivity contribution in [2.75, 3.05) is 0 Å². The van der Waals surface area contributed by atoms with E-state index in [9.17, 15) is 14.4 Å². The molecule has 0 aromatic heterocycles. The Hall–Kier alpha value is -7.25. The molecule has 0 unspecified atom stereocenters. The summed E-state index contributed by atoms with van der Waals surface area (Å²) >= 11 is 0. The van der Waals surface area contributed by atoms with Crippen LogP contribution >= 0.6 is 0 Å². The molecule has 0 heterocycles. The van der Waals surface area contributed by atoms with Gasteiger partial charge in [-0.1, -0.05) is 56.9 Å². The van der Waals surface area contributed by atoms with Gasteiger partial charge in [0, 0.05) is 33.9 Å². The predicted molar refractivity (Wildman–Crippen MR) is 201 cm³/mol. The molecule has 0 aliphatic carbocycles. The van der Waals surface area contributed by atoms with E-state index in [4.69, 9.17) is 33.2 Å². The molecule has 3 aromatic rings. The first kappa shape index (κ1) is 40.2. The highest BCUT2D eigenvalue weighted by Crippen LogP contribution is 2.37. The molecule has 10 nitrogen and oxygen atoms in total. The molecule has 0 bridgehead atoms. The van der Waals surface area contributed by atoms with Crippen molar-refractivity contribution >= 4 is 17.9 Å². The molecule has 0 atom stereocenters.